The van der Waals surface area contributed by atoms with Crippen molar-refractivity contribution in [1.82, 2.24) is 4.90 Å². The summed E-state index contributed by atoms with van der Waals surface area (Å²) in [5, 5.41) is 21.4. The summed E-state index contributed by atoms with van der Waals surface area (Å²) >= 11 is 0. The molecule has 2 N–H and O–H groups in total. The second kappa shape index (κ2) is 7.39. The zero-order valence-electron chi connectivity index (χ0n) is 13.3. The molecule has 1 saturated carbocycles. The molecule has 0 aromatic heterocycles. The highest BCUT2D eigenvalue weighted by atomic mass is 16.3. The van der Waals surface area contributed by atoms with Crippen molar-refractivity contribution in [3.8, 4) is 0 Å². The van der Waals surface area contributed by atoms with Crippen LogP contribution in [0.5, 0.6) is 0 Å². The quantitative estimate of drug-likeness (QED) is 0.847. The Labute approximate surface area is 128 Å². The molecule has 1 aromatic rings. The summed E-state index contributed by atoms with van der Waals surface area (Å²) in [5.41, 5.74) is 0.481. The van der Waals surface area contributed by atoms with Gasteiger partial charge in [-0.25, -0.2) is 0 Å². The molecule has 0 radical (unpaired) electrons. The molecule has 1 aliphatic carbocycles. The van der Waals surface area contributed by atoms with Gasteiger partial charge < -0.3 is 15.1 Å². The summed E-state index contributed by atoms with van der Waals surface area (Å²) in [7, 11) is 4.05. The lowest BCUT2D eigenvalue weighted by molar-refractivity contribution is -0.0447. The SMILES string of the molecule is CN(C)CC(c1ccccc1)C(O)CC1(O)CCCCC1. The summed E-state index contributed by atoms with van der Waals surface area (Å²) in [6.07, 6.45) is 5.00. The van der Waals surface area contributed by atoms with Crippen LogP contribution in [0.1, 0.15) is 50.0 Å². The molecule has 3 nitrogen and oxygen atoms in total. The van der Waals surface area contributed by atoms with E-state index in [-0.39, 0.29) is 5.92 Å². The van der Waals surface area contributed by atoms with Gasteiger partial charge in [-0.1, -0.05) is 49.6 Å². The van der Waals surface area contributed by atoms with E-state index >= 15 is 0 Å². The van der Waals surface area contributed by atoms with Crippen molar-refractivity contribution in [3.63, 3.8) is 0 Å². The first-order valence-electron chi connectivity index (χ1n) is 8.10. The Hall–Kier alpha value is -0.900. The van der Waals surface area contributed by atoms with Crippen LogP contribution < -0.4 is 0 Å². The summed E-state index contributed by atoms with van der Waals surface area (Å²) < 4.78 is 0. The van der Waals surface area contributed by atoms with Gasteiger partial charge in [-0.3, -0.25) is 0 Å². The van der Waals surface area contributed by atoms with Gasteiger partial charge >= 0.3 is 0 Å². The minimum atomic E-state index is -0.670. The molecule has 1 fully saturated rings. The topological polar surface area (TPSA) is 43.7 Å². The Morgan fingerprint density at radius 3 is 2.29 bits per heavy atom. The number of likely N-dealkylation sites (N-methyl/N-ethyl adjacent to an activating group) is 1. The van der Waals surface area contributed by atoms with Crippen molar-refractivity contribution in [2.75, 3.05) is 20.6 Å². The van der Waals surface area contributed by atoms with Gasteiger partial charge in [-0.05, 0) is 32.5 Å². The largest absolute Gasteiger partial charge is 0.392 e. The molecule has 0 amide bonds. The molecular weight excluding hydrogens is 262 g/mol. The molecule has 21 heavy (non-hydrogen) atoms. The van der Waals surface area contributed by atoms with Crippen molar-refractivity contribution in [2.24, 2.45) is 0 Å². The van der Waals surface area contributed by atoms with Gasteiger partial charge in [0.15, 0.2) is 0 Å². The molecule has 2 rings (SSSR count). The fourth-order valence-electron chi connectivity index (χ4n) is 3.49. The van der Waals surface area contributed by atoms with Crippen LogP contribution in [0, 0.1) is 0 Å². The molecule has 0 aliphatic heterocycles. The van der Waals surface area contributed by atoms with Gasteiger partial charge in [0, 0.05) is 18.9 Å². The van der Waals surface area contributed by atoms with E-state index in [0.29, 0.717) is 6.42 Å². The summed E-state index contributed by atoms with van der Waals surface area (Å²) in [6, 6.07) is 10.2. The highest BCUT2D eigenvalue weighted by Gasteiger charge is 2.34. The number of hydrogen-bond donors (Lipinski definition) is 2. The smallest absolute Gasteiger partial charge is 0.0672 e. The van der Waals surface area contributed by atoms with Gasteiger partial charge in [0.1, 0.15) is 0 Å². The molecule has 0 bridgehead atoms. The number of aliphatic hydroxyl groups is 2. The third-order valence-electron chi connectivity index (χ3n) is 4.63. The van der Waals surface area contributed by atoms with Crippen LogP contribution in [-0.4, -0.2) is 47.5 Å². The first-order chi connectivity index (χ1) is 10.0. The second-order valence-electron chi connectivity index (χ2n) is 6.84. The lowest BCUT2D eigenvalue weighted by Gasteiger charge is -2.36. The molecule has 1 aliphatic rings. The Morgan fingerprint density at radius 2 is 1.71 bits per heavy atom. The first kappa shape index (κ1) is 16.5. The zero-order chi connectivity index (χ0) is 15.3. The van der Waals surface area contributed by atoms with E-state index in [1.165, 1.54) is 6.42 Å². The van der Waals surface area contributed by atoms with Crippen LogP contribution in [0.2, 0.25) is 0 Å². The van der Waals surface area contributed by atoms with Crippen LogP contribution in [-0.2, 0) is 0 Å². The van der Waals surface area contributed by atoms with Crippen molar-refractivity contribution in [3.05, 3.63) is 35.9 Å². The highest BCUT2D eigenvalue weighted by molar-refractivity contribution is 5.21. The van der Waals surface area contributed by atoms with Crippen LogP contribution in [0.25, 0.3) is 0 Å². The minimum Gasteiger partial charge on any atom is -0.392 e. The van der Waals surface area contributed by atoms with Crippen molar-refractivity contribution in [2.45, 2.75) is 56.1 Å². The van der Waals surface area contributed by atoms with E-state index in [9.17, 15) is 10.2 Å². The third-order valence-corrected chi connectivity index (χ3v) is 4.63. The van der Waals surface area contributed by atoms with Gasteiger partial charge in [0.05, 0.1) is 11.7 Å². The third kappa shape index (κ3) is 4.80. The Kier molecular flexibility index (Phi) is 5.80. The van der Waals surface area contributed by atoms with E-state index in [1.54, 1.807) is 0 Å². The number of rotatable bonds is 6. The Balaban J connectivity index is 2.08. The molecule has 118 valence electrons. The first-order valence-corrected chi connectivity index (χ1v) is 8.10. The predicted octanol–water partition coefficient (Wildman–Crippen LogP) is 2.78. The molecule has 0 heterocycles. The standard InChI is InChI=1S/C18H29NO2/c1-19(2)14-16(15-9-5-3-6-10-15)17(20)13-18(21)11-7-4-8-12-18/h3,5-6,9-10,16-17,20-21H,4,7-8,11-14H2,1-2H3. The summed E-state index contributed by atoms with van der Waals surface area (Å²) in [4.78, 5) is 2.10. The number of nitrogens with zero attached hydrogens (tertiary/aromatic N) is 1. The highest BCUT2D eigenvalue weighted by Crippen LogP contribution is 2.35. The molecular formula is C18H29NO2. The fraction of sp³-hybridized carbons (Fsp3) is 0.667. The molecule has 1 aromatic carbocycles. The molecule has 0 saturated heterocycles. The molecule has 3 heteroatoms. The van der Waals surface area contributed by atoms with E-state index < -0.39 is 11.7 Å². The number of hydrogen-bond acceptors (Lipinski definition) is 3. The number of aliphatic hydroxyl groups excluding tert-OH is 1. The van der Waals surface area contributed by atoms with Gasteiger partial charge in [0.2, 0.25) is 0 Å². The van der Waals surface area contributed by atoms with E-state index in [4.69, 9.17) is 0 Å². The average Bonchev–Trinajstić information content (AvgIpc) is 2.45. The van der Waals surface area contributed by atoms with E-state index in [0.717, 1.165) is 37.8 Å². The van der Waals surface area contributed by atoms with Crippen molar-refractivity contribution in [1.29, 1.82) is 0 Å². The van der Waals surface area contributed by atoms with Crippen LogP contribution >= 0.6 is 0 Å². The van der Waals surface area contributed by atoms with Crippen LogP contribution in [0.4, 0.5) is 0 Å². The van der Waals surface area contributed by atoms with Gasteiger partial charge in [-0.15, -0.1) is 0 Å². The maximum atomic E-state index is 10.7. The fourth-order valence-corrected chi connectivity index (χ4v) is 3.49. The Morgan fingerprint density at radius 1 is 1.10 bits per heavy atom. The van der Waals surface area contributed by atoms with E-state index in [2.05, 4.69) is 17.0 Å². The summed E-state index contributed by atoms with van der Waals surface area (Å²) in [6.45, 7) is 0.793. The minimum absolute atomic E-state index is 0.0483. The predicted molar refractivity (Wildman–Crippen MR) is 86.4 cm³/mol. The van der Waals surface area contributed by atoms with Gasteiger partial charge in [-0.2, -0.15) is 0 Å². The summed E-state index contributed by atoms with van der Waals surface area (Å²) in [5.74, 6) is 0.0483. The molecule has 2 unspecified atom stereocenters. The molecule has 2 atom stereocenters. The number of benzene rings is 1. The van der Waals surface area contributed by atoms with Crippen molar-refractivity contribution < 1.29 is 10.2 Å². The second-order valence-corrected chi connectivity index (χ2v) is 6.84. The van der Waals surface area contributed by atoms with E-state index in [1.807, 2.05) is 32.3 Å². The monoisotopic (exact) mass is 291 g/mol. The normalized spacial score (nSPS) is 21.2. The lowest BCUT2D eigenvalue weighted by atomic mass is 9.77. The van der Waals surface area contributed by atoms with Crippen LogP contribution in [0.15, 0.2) is 30.3 Å². The van der Waals surface area contributed by atoms with Crippen LogP contribution in [0.3, 0.4) is 0 Å². The van der Waals surface area contributed by atoms with Crippen molar-refractivity contribution >= 4 is 0 Å². The molecule has 0 spiro atoms. The maximum Gasteiger partial charge on any atom is 0.0672 e. The van der Waals surface area contributed by atoms with Gasteiger partial charge in [0.25, 0.3) is 0 Å². The maximum absolute atomic E-state index is 10.7. The Bertz CT molecular complexity index is 412. The lowest BCUT2D eigenvalue weighted by Crippen LogP contribution is -2.39. The average molecular weight is 291 g/mol. The zero-order valence-corrected chi connectivity index (χ0v) is 13.3.